The minimum atomic E-state index is -0.152. The van der Waals surface area contributed by atoms with E-state index in [0.29, 0.717) is 6.04 Å². The Morgan fingerprint density at radius 2 is 2.16 bits per heavy atom. The van der Waals surface area contributed by atoms with E-state index in [9.17, 15) is 4.79 Å². The van der Waals surface area contributed by atoms with E-state index in [1.165, 1.54) is 0 Å². The van der Waals surface area contributed by atoms with E-state index in [1.54, 1.807) is 0 Å². The van der Waals surface area contributed by atoms with Gasteiger partial charge in [0, 0.05) is 50.2 Å². The molecule has 136 valence electrons. The zero-order chi connectivity index (χ0) is 18.1. The van der Waals surface area contributed by atoms with Crippen LogP contribution in [-0.4, -0.2) is 43.2 Å². The molecule has 2 atom stereocenters. The Hall–Kier alpha value is -2.11. The van der Waals surface area contributed by atoms with Crippen LogP contribution >= 0.6 is 0 Å². The lowest BCUT2D eigenvalue weighted by molar-refractivity contribution is -0.134. The fraction of sp³-hybridized carbons (Fsp3) is 0.632. The van der Waals surface area contributed by atoms with Crippen molar-refractivity contribution in [1.29, 1.82) is 0 Å². The summed E-state index contributed by atoms with van der Waals surface area (Å²) in [6.07, 6.45) is 6.98. The fourth-order valence-corrected chi connectivity index (χ4v) is 4.15. The fourth-order valence-electron chi connectivity index (χ4n) is 4.15. The Balaban J connectivity index is 1.78. The summed E-state index contributed by atoms with van der Waals surface area (Å²) in [7, 11) is 1.94. The second-order valence-corrected chi connectivity index (χ2v) is 7.11. The second-order valence-electron chi connectivity index (χ2n) is 7.11. The number of hydrogen-bond acceptors (Lipinski definition) is 3. The van der Waals surface area contributed by atoms with Crippen LogP contribution in [0.25, 0.3) is 0 Å². The van der Waals surface area contributed by atoms with E-state index in [1.807, 2.05) is 43.6 Å². The third-order valence-corrected chi connectivity index (χ3v) is 5.54. The van der Waals surface area contributed by atoms with Gasteiger partial charge in [-0.25, -0.2) is 4.98 Å². The number of amides is 1. The van der Waals surface area contributed by atoms with Gasteiger partial charge in [0.05, 0.1) is 17.7 Å². The smallest absolute Gasteiger partial charge is 0.230 e. The molecular weight excluding hydrogens is 314 g/mol. The highest BCUT2D eigenvalue weighted by Gasteiger charge is 2.31. The van der Waals surface area contributed by atoms with Crippen LogP contribution < -0.4 is 0 Å². The maximum Gasteiger partial charge on any atom is 0.230 e. The zero-order valence-corrected chi connectivity index (χ0v) is 16.0. The quantitative estimate of drug-likeness (QED) is 0.858. The minimum Gasteiger partial charge on any atom is -0.340 e. The van der Waals surface area contributed by atoms with E-state index in [-0.39, 0.29) is 11.8 Å². The summed E-state index contributed by atoms with van der Waals surface area (Å²) in [6.45, 7) is 9.78. The van der Waals surface area contributed by atoms with Crippen molar-refractivity contribution in [2.45, 2.75) is 58.9 Å². The predicted octanol–water partition coefficient (Wildman–Crippen LogP) is 2.76. The standard InChI is InChI=1S/C19H29N5O/c1-6-17-20-9-11-24(17)16-8-7-10-23(12-16)19(25)13(2)18-14(3)21-22(5)15(18)4/h9,11,13,16H,6-8,10,12H2,1-5H3/t13-,16+/m0/s1. The van der Waals surface area contributed by atoms with Crippen LogP contribution in [0.1, 0.15) is 61.4 Å². The summed E-state index contributed by atoms with van der Waals surface area (Å²) in [5, 5.41) is 4.47. The van der Waals surface area contributed by atoms with Gasteiger partial charge in [0.25, 0.3) is 0 Å². The van der Waals surface area contributed by atoms with Crippen molar-refractivity contribution >= 4 is 5.91 Å². The largest absolute Gasteiger partial charge is 0.340 e. The maximum atomic E-state index is 13.1. The van der Waals surface area contributed by atoms with E-state index >= 15 is 0 Å². The summed E-state index contributed by atoms with van der Waals surface area (Å²) in [6, 6.07) is 0.332. The minimum absolute atomic E-state index is 0.152. The lowest BCUT2D eigenvalue weighted by Crippen LogP contribution is -2.42. The van der Waals surface area contributed by atoms with Gasteiger partial charge in [0.2, 0.25) is 5.91 Å². The van der Waals surface area contributed by atoms with E-state index in [2.05, 4.69) is 27.8 Å². The topological polar surface area (TPSA) is 56.0 Å². The van der Waals surface area contributed by atoms with Gasteiger partial charge in [-0.05, 0) is 33.6 Å². The molecule has 0 aromatic carbocycles. The van der Waals surface area contributed by atoms with E-state index < -0.39 is 0 Å². The van der Waals surface area contributed by atoms with Crippen LogP contribution in [0.5, 0.6) is 0 Å². The maximum absolute atomic E-state index is 13.1. The Kier molecular flexibility index (Phi) is 4.97. The van der Waals surface area contributed by atoms with Gasteiger partial charge >= 0.3 is 0 Å². The summed E-state index contributed by atoms with van der Waals surface area (Å²) >= 11 is 0. The van der Waals surface area contributed by atoms with Crippen molar-refractivity contribution in [2.75, 3.05) is 13.1 Å². The number of carbonyl (C=O) groups excluding carboxylic acids is 1. The highest BCUT2D eigenvalue weighted by atomic mass is 16.2. The van der Waals surface area contributed by atoms with Gasteiger partial charge in [-0.1, -0.05) is 6.92 Å². The lowest BCUT2D eigenvalue weighted by Gasteiger charge is -2.35. The Morgan fingerprint density at radius 3 is 2.80 bits per heavy atom. The van der Waals surface area contributed by atoms with Gasteiger partial charge < -0.3 is 9.47 Å². The predicted molar refractivity (Wildman–Crippen MR) is 97.6 cm³/mol. The molecule has 1 saturated heterocycles. The summed E-state index contributed by atoms with van der Waals surface area (Å²) in [4.78, 5) is 19.6. The number of aromatic nitrogens is 4. The summed E-state index contributed by atoms with van der Waals surface area (Å²) in [5.74, 6) is 1.16. The van der Waals surface area contributed by atoms with Crippen molar-refractivity contribution in [2.24, 2.45) is 7.05 Å². The molecule has 0 radical (unpaired) electrons. The molecule has 6 nitrogen and oxygen atoms in total. The first-order valence-corrected chi connectivity index (χ1v) is 9.24. The normalized spacial score (nSPS) is 19.2. The molecule has 0 N–H and O–H groups in total. The van der Waals surface area contributed by atoms with Crippen molar-refractivity contribution in [3.05, 3.63) is 35.2 Å². The molecule has 0 spiro atoms. The Bertz CT molecular complexity index is 760. The van der Waals surface area contributed by atoms with Gasteiger partial charge in [-0.15, -0.1) is 0 Å². The molecular formula is C19H29N5O. The van der Waals surface area contributed by atoms with Crippen LogP contribution in [0.4, 0.5) is 0 Å². The van der Waals surface area contributed by atoms with Crippen molar-refractivity contribution in [3.63, 3.8) is 0 Å². The van der Waals surface area contributed by atoms with Crippen molar-refractivity contribution in [1.82, 2.24) is 24.2 Å². The van der Waals surface area contributed by atoms with Crippen LogP contribution in [-0.2, 0) is 18.3 Å². The second kappa shape index (κ2) is 7.02. The molecule has 0 unspecified atom stereocenters. The Morgan fingerprint density at radius 1 is 1.40 bits per heavy atom. The number of carbonyl (C=O) groups is 1. The zero-order valence-electron chi connectivity index (χ0n) is 16.0. The van der Waals surface area contributed by atoms with E-state index in [0.717, 1.165) is 55.1 Å². The summed E-state index contributed by atoms with van der Waals surface area (Å²) < 4.78 is 4.12. The number of aryl methyl sites for hydroxylation is 3. The van der Waals surface area contributed by atoms with Crippen molar-refractivity contribution < 1.29 is 4.79 Å². The highest BCUT2D eigenvalue weighted by molar-refractivity contribution is 5.84. The van der Waals surface area contributed by atoms with E-state index in [4.69, 9.17) is 0 Å². The molecule has 1 aliphatic rings. The first-order valence-electron chi connectivity index (χ1n) is 9.24. The Labute approximate surface area is 149 Å². The number of hydrogen-bond donors (Lipinski definition) is 0. The highest BCUT2D eigenvalue weighted by Crippen LogP contribution is 2.29. The number of likely N-dealkylation sites (tertiary alicyclic amines) is 1. The third kappa shape index (κ3) is 3.22. The molecule has 1 aliphatic heterocycles. The SMILES string of the molecule is CCc1nccn1[C@@H]1CCCN(C(=O)[C@@H](C)c2c(C)nn(C)c2C)C1. The first kappa shape index (κ1) is 17.7. The molecule has 6 heteroatoms. The van der Waals surface area contributed by atoms with Crippen LogP contribution in [0.3, 0.4) is 0 Å². The number of imidazole rings is 1. The first-order chi connectivity index (χ1) is 11.9. The van der Waals surface area contributed by atoms with Crippen LogP contribution in [0.2, 0.25) is 0 Å². The number of rotatable bonds is 4. The molecule has 2 aromatic heterocycles. The molecule has 2 aromatic rings. The molecule has 25 heavy (non-hydrogen) atoms. The molecule has 1 amide bonds. The average molecular weight is 343 g/mol. The average Bonchev–Trinajstić information content (AvgIpc) is 3.18. The van der Waals surface area contributed by atoms with Gasteiger partial charge in [-0.2, -0.15) is 5.10 Å². The monoisotopic (exact) mass is 343 g/mol. The lowest BCUT2D eigenvalue weighted by atomic mass is 9.95. The van der Waals surface area contributed by atoms with Crippen LogP contribution in [0, 0.1) is 13.8 Å². The molecule has 0 saturated carbocycles. The molecule has 0 bridgehead atoms. The summed E-state index contributed by atoms with van der Waals surface area (Å²) in [5.41, 5.74) is 3.11. The molecule has 3 rings (SSSR count). The van der Waals surface area contributed by atoms with Gasteiger partial charge in [0.15, 0.2) is 0 Å². The third-order valence-electron chi connectivity index (χ3n) is 5.54. The molecule has 3 heterocycles. The number of nitrogens with zero attached hydrogens (tertiary/aromatic N) is 5. The number of piperidine rings is 1. The van der Waals surface area contributed by atoms with Crippen molar-refractivity contribution in [3.8, 4) is 0 Å². The molecule has 0 aliphatic carbocycles. The van der Waals surface area contributed by atoms with Crippen LogP contribution in [0.15, 0.2) is 12.4 Å². The van der Waals surface area contributed by atoms with Gasteiger partial charge in [0.1, 0.15) is 5.82 Å². The molecule has 1 fully saturated rings. The van der Waals surface area contributed by atoms with Gasteiger partial charge in [-0.3, -0.25) is 9.48 Å².